The van der Waals surface area contributed by atoms with Gasteiger partial charge in [0, 0.05) is 19.5 Å². The van der Waals surface area contributed by atoms with Crippen LogP contribution in [0.1, 0.15) is 42.5 Å². The van der Waals surface area contributed by atoms with Crippen molar-refractivity contribution in [3.8, 4) is 0 Å². The van der Waals surface area contributed by atoms with E-state index in [0.717, 1.165) is 16.7 Å². The van der Waals surface area contributed by atoms with Gasteiger partial charge in [0.25, 0.3) is 0 Å². The highest BCUT2D eigenvalue weighted by Crippen LogP contribution is 2.25. The second-order valence-corrected chi connectivity index (χ2v) is 7.41. The summed E-state index contributed by atoms with van der Waals surface area (Å²) in [6.07, 6.45) is 1.00. The van der Waals surface area contributed by atoms with Crippen LogP contribution in [0.3, 0.4) is 0 Å². The lowest BCUT2D eigenvalue weighted by atomic mass is 10.0. The minimum absolute atomic E-state index is 0.115. The number of rotatable bonds is 9. The lowest BCUT2D eigenvalue weighted by molar-refractivity contribution is -0.141. The molecule has 3 aromatic carbocycles. The summed E-state index contributed by atoms with van der Waals surface area (Å²) in [4.78, 5) is 28.0. The Hall–Kier alpha value is -3.47. The summed E-state index contributed by atoms with van der Waals surface area (Å²) in [6.45, 7) is 2.52. The molecular weight excluding hydrogens is 391 g/mol. The molecule has 0 saturated carbocycles. The second kappa shape index (κ2) is 11.1. The number of carbonyl (C=O) groups is 2. The fourth-order valence-electron chi connectivity index (χ4n) is 3.46. The average molecular weight is 419 g/mol. The van der Waals surface area contributed by atoms with Crippen LogP contribution >= 0.6 is 0 Å². The van der Waals surface area contributed by atoms with Crippen LogP contribution in [-0.2, 0) is 22.7 Å². The second-order valence-electron chi connectivity index (χ2n) is 7.41. The molecule has 1 atom stereocenters. The van der Waals surface area contributed by atoms with Crippen molar-refractivity contribution in [1.82, 2.24) is 10.2 Å². The third-order valence-electron chi connectivity index (χ3n) is 5.04. The molecule has 1 N–H and O–H groups in total. The van der Waals surface area contributed by atoms with Crippen LogP contribution in [0, 0.1) is 5.82 Å². The molecule has 0 aliphatic carbocycles. The Morgan fingerprint density at radius 3 is 2.10 bits per heavy atom. The van der Waals surface area contributed by atoms with E-state index in [2.05, 4.69) is 5.32 Å². The molecule has 0 aromatic heterocycles. The molecule has 4 nitrogen and oxygen atoms in total. The van der Waals surface area contributed by atoms with Gasteiger partial charge >= 0.3 is 0 Å². The molecule has 3 rings (SSSR count). The van der Waals surface area contributed by atoms with E-state index in [9.17, 15) is 14.0 Å². The number of nitrogens with one attached hydrogen (secondary N) is 1. The van der Waals surface area contributed by atoms with Gasteiger partial charge in [0.1, 0.15) is 11.9 Å². The molecule has 0 unspecified atom stereocenters. The van der Waals surface area contributed by atoms with E-state index in [1.807, 2.05) is 67.6 Å². The highest BCUT2D eigenvalue weighted by Gasteiger charge is 2.31. The van der Waals surface area contributed by atoms with Crippen molar-refractivity contribution in [3.63, 3.8) is 0 Å². The summed E-state index contributed by atoms with van der Waals surface area (Å²) in [6, 6.07) is 24.2. The highest BCUT2D eigenvalue weighted by atomic mass is 19.1. The number of amides is 2. The van der Waals surface area contributed by atoms with E-state index in [-0.39, 0.29) is 24.2 Å². The van der Waals surface area contributed by atoms with Gasteiger partial charge in [-0.25, -0.2) is 4.39 Å². The first-order valence-electron chi connectivity index (χ1n) is 10.5. The van der Waals surface area contributed by atoms with Gasteiger partial charge in [0.05, 0.1) is 0 Å². The smallest absolute Gasteiger partial charge is 0.247 e. The summed E-state index contributed by atoms with van der Waals surface area (Å²) < 4.78 is 13.4. The zero-order valence-corrected chi connectivity index (χ0v) is 17.6. The van der Waals surface area contributed by atoms with E-state index in [0.29, 0.717) is 19.4 Å². The number of benzene rings is 3. The molecule has 0 spiro atoms. The highest BCUT2D eigenvalue weighted by molar-refractivity contribution is 5.88. The number of halogens is 1. The van der Waals surface area contributed by atoms with E-state index >= 15 is 0 Å². The molecule has 0 aliphatic heterocycles. The number of nitrogens with zero attached hydrogens (tertiary/aromatic N) is 1. The Morgan fingerprint density at radius 2 is 1.48 bits per heavy atom. The van der Waals surface area contributed by atoms with Gasteiger partial charge in [0.15, 0.2) is 0 Å². The molecule has 0 bridgehead atoms. The number of hydrogen-bond donors (Lipinski definition) is 1. The Balaban J connectivity index is 1.91. The van der Waals surface area contributed by atoms with Crippen molar-refractivity contribution in [2.75, 3.05) is 0 Å². The molecule has 5 heteroatoms. The summed E-state index contributed by atoms with van der Waals surface area (Å²) in [5, 5.41) is 2.98. The standard InChI is InChI=1S/C26H27FN2O2/c1-2-9-24(30)29(19-21-14-16-23(27)17-15-21)25(22-12-7-4-8-13-22)26(31)28-18-20-10-5-3-6-11-20/h3-8,10-17,25H,2,9,18-19H2,1H3,(H,28,31)/t25-/m1/s1. The van der Waals surface area contributed by atoms with Crippen LogP contribution in [0.2, 0.25) is 0 Å². The van der Waals surface area contributed by atoms with Crippen LogP contribution in [0.15, 0.2) is 84.9 Å². The Labute approximate surface area is 182 Å². The normalized spacial score (nSPS) is 11.5. The van der Waals surface area contributed by atoms with E-state index in [4.69, 9.17) is 0 Å². The van der Waals surface area contributed by atoms with Gasteiger partial charge in [-0.1, -0.05) is 79.7 Å². The third kappa shape index (κ3) is 6.25. The zero-order valence-electron chi connectivity index (χ0n) is 17.6. The van der Waals surface area contributed by atoms with Crippen molar-refractivity contribution < 1.29 is 14.0 Å². The fraction of sp³-hybridized carbons (Fsp3) is 0.231. The maximum atomic E-state index is 13.4. The molecule has 2 amide bonds. The summed E-state index contributed by atoms with van der Waals surface area (Å²) >= 11 is 0. The molecular formula is C26H27FN2O2. The van der Waals surface area contributed by atoms with Gasteiger partial charge in [0.2, 0.25) is 11.8 Å². The lowest BCUT2D eigenvalue weighted by Crippen LogP contribution is -2.43. The predicted molar refractivity (Wildman–Crippen MR) is 119 cm³/mol. The summed E-state index contributed by atoms with van der Waals surface area (Å²) in [5.74, 6) is -0.701. The maximum absolute atomic E-state index is 13.4. The van der Waals surface area contributed by atoms with Crippen molar-refractivity contribution in [3.05, 3.63) is 107 Å². The minimum Gasteiger partial charge on any atom is -0.350 e. The van der Waals surface area contributed by atoms with Crippen molar-refractivity contribution in [2.24, 2.45) is 0 Å². The molecule has 160 valence electrons. The summed E-state index contributed by atoms with van der Waals surface area (Å²) in [7, 11) is 0. The fourth-order valence-corrected chi connectivity index (χ4v) is 3.46. The molecule has 0 aliphatic rings. The monoisotopic (exact) mass is 418 g/mol. The first-order valence-corrected chi connectivity index (χ1v) is 10.5. The third-order valence-corrected chi connectivity index (χ3v) is 5.04. The minimum atomic E-state index is -0.783. The maximum Gasteiger partial charge on any atom is 0.247 e. The number of hydrogen-bond acceptors (Lipinski definition) is 2. The van der Waals surface area contributed by atoms with E-state index in [1.54, 1.807) is 17.0 Å². The van der Waals surface area contributed by atoms with Gasteiger partial charge in [-0.15, -0.1) is 0 Å². The first kappa shape index (κ1) is 22.2. The van der Waals surface area contributed by atoms with Crippen LogP contribution in [0.5, 0.6) is 0 Å². The van der Waals surface area contributed by atoms with Gasteiger partial charge in [-0.3, -0.25) is 9.59 Å². The largest absolute Gasteiger partial charge is 0.350 e. The van der Waals surface area contributed by atoms with Crippen molar-refractivity contribution >= 4 is 11.8 Å². The SMILES string of the molecule is CCCC(=O)N(Cc1ccc(F)cc1)[C@@H](C(=O)NCc1ccccc1)c1ccccc1. The Morgan fingerprint density at radius 1 is 0.871 bits per heavy atom. The molecule has 0 radical (unpaired) electrons. The Bertz CT molecular complexity index is 975. The molecule has 0 saturated heterocycles. The molecule has 0 fully saturated rings. The quantitative estimate of drug-likeness (QED) is 0.531. The molecule has 0 heterocycles. The van der Waals surface area contributed by atoms with E-state index in [1.165, 1.54) is 12.1 Å². The summed E-state index contributed by atoms with van der Waals surface area (Å²) in [5.41, 5.74) is 2.48. The van der Waals surface area contributed by atoms with Crippen LogP contribution in [0.4, 0.5) is 4.39 Å². The van der Waals surface area contributed by atoms with Crippen LogP contribution in [-0.4, -0.2) is 16.7 Å². The van der Waals surface area contributed by atoms with Crippen molar-refractivity contribution in [2.45, 2.75) is 38.9 Å². The average Bonchev–Trinajstić information content (AvgIpc) is 2.80. The van der Waals surface area contributed by atoms with Gasteiger partial charge < -0.3 is 10.2 Å². The Kier molecular flexibility index (Phi) is 7.93. The first-order chi connectivity index (χ1) is 15.1. The zero-order chi connectivity index (χ0) is 22.1. The molecule has 3 aromatic rings. The van der Waals surface area contributed by atoms with Crippen molar-refractivity contribution in [1.29, 1.82) is 0 Å². The lowest BCUT2D eigenvalue weighted by Gasteiger charge is -2.31. The van der Waals surface area contributed by atoms with Gasteiger partial charge in [-0.2, -0.15) is 0 Å². The van der Waals surface area contributed by atoms with Crippen LogP contribution in [0.25, 0.3) is 0 Å². The topological polar surface area (TPSA) is 49.4 Å². The van der Waals surface area contributed by atoms with E-state index < -0.39 is 6.04 Å². The van der Waals surface area contributed by atoms with Crippen LogP contribution < -0.4 is 5.32 Å². The molecule has 31 heavy (non-hydrogen) atoms. The number of carbonyl (C=O) groups excluding carboxylic acids is 2. The predicted octanol–water partition coefficient (Wildman–Crippen LogP) is 5.01. The van der Waals surface area contributed by atoms with Gasteiger partial charge in [-0.05, 0) is 35.2 Å².